The van der Waals surface area contributed by atoms with Crippen molar-refractivity contribution >= 4 is 5.91 Å². The summed E-state index contributed by atoms with van der Waals surface area (Å²) in [6.45, 7) is 3.71. The van der Waals surface area contributed by atoms with Gasteiger partial charge in [-0.15, -0.1) is 0 Å². The first-order chi connectivity index (χ1) is 12.7. The average molecular weight is 354 g/mol. The van der Waals surface area contributed by atoms with E-state index < -0.39 is 0 Å². The Hall–Kier alpha value is -2.18. The van der Waals surface area contributed by atoms with E-state index in [0.29, 0.717) is 12.5 Å². The molecule has 2 saturated heterocycles. The lowest BCUT2D eigenvalue weighted by molar-refractivity contribution is -0.124. The fourth-order valence-electron chi connectivity index (χ4n) is 4.26. The molecule has 1 aromatic heterocycles. The molecule has 6 heteroatoms. The molecule has 2 N–H and O–H groups in total. The van der Waals surface area contributed by atoms with Gasteiger partial charge in [-0.3, -0.25) is 9.69 Å². The van der Waals surface area contributed by atoms with Crippen LogP contribution in [0.25, 0.3) is 5.69 Å². The number of primary amides is 1. The number of carbonyl (C=O) groups excluding carboxylic acids is 1. The molecule has 2 aliphatic heterocycles. The maximum absolute atomic E-state index is 11.6. The number of hydrogen-bond acceptors (Lipinski definition) is 4. The van der Waals surface area contributed by atoms with Crippen molar-refractivity contribution in [2.45, 2.75) is 31.9 Å². The molecule has 0 spiro atoms. The van der Waals surface area contributed by atoms with E-state index in [0.717, 1.165) is 44.6 Å². The van der Waals surface area contributed by atoms with E-state index in [-0.39, 0.29) is 17.9 Å². The number of piperidine rings is 1. The van der Waals surface area contributed by atoms with Gasteiger partial charge in [0.1, 0.15) is 0 Å². The third kappa shape index (κ3) is 3.66. The minimum Gasteiger partial charge on any atom is -0.377 e. The van der Waals surface area contributed by atoms with Gasteiger partial charge in [0, 0.05) is 31.2 Å². The topological polar surface area (TPSA) is 73.4 Å². The monoisotopic (exact) mass is 354 g/mol. The molecule has 2 aromatic rings. The number of nitrogens with zero attached hydrogens (tertiary/aromatic N) is 3. The van der Waals surface area contributed by atoms with Gasteiger partial charge in [-0.25, -0.2) is 4.98 Å². The number of imidazole rings is 1. The lowest BCUT2D eigenvalue weighted by Crippen LogP contribution is -2.41. The highest BCUT2D eigenvalue weighted by atomic mass is 16.5. The van der Waals surface area contributed by atoms with Gasteiger partial charge >= 0.3 is 0 Å². The fraction of sp³-hybridized carbons (Fsp3) is 0.500. The summed E-state index contributed by atoms with van der Waals surface area (Å²) in [7, 11) is 0. The zero-order valence-electron chi connectivity index (χ0n) is 15.0. The summed E-state index contributed by atoms with van der Waals surface area (Å²) in [4.78, 5) is 18.2. The van der Waals surface area contributed by atoms with Crippen LogP contribution in [-0.2, 0) is 16.1 Å². The van der Waals surface area contributed by atoms with Crippen LogP contribution < -0.4 is 5.73 Å². The molecular formula is C20H26N4O2. The van der Waals surface area contributed by atoms with Crippen LogP contribution >= 0.6 is 0 Å². The number of likely N-dealkylation sites (tertiary alicyclic amines) is 1. The number of nitrogens with two attached hydrogens (primary N) is 1. The summed E-state index contributed by atoms with van der Waals surface area (Å²) in [5, 5.41) is 0. The molecule has 0 aliphatic carbocycles. The van der Waals surface area contributed by atoms with Gasteiger partial charge < -0.3 is 15.0 Å². The summed E-state index contributed by atoms with van der Waals surface area (Å²) in [5.41, 5.74) is 7.98. The van der Waals surface area contributed by atoms with Crippen LogP contribution in [-0.4, -0.2) is 46.2 Å². The Bertz CT molecular complexity index is 721. The van der Waals surface area contributed by atoms with Crippen LogP contribution in [0.1, 0.15) is 24.8 Å². The van der Waals surface area contributed by atoms with E-state index in [2.05, 4.69) is 34.1 Å². The van der Waals surface area contributed by atoms with Crippen LogP contribution in [0.15, 0.2) is 43.0 Å². The lowest BCUT2D eigenvalue weighted by Gasteiger charge is -2.35. The van der Waals surface area contributed by atoms with Crippen molar-refractivity contribution < 1.29 is 9.53 Å². The third-order valence-electron chi connectivity index (χ3n) is 5.74. The molecule has 4 rings (SSSR count). The molecule has 0 bridgehead atoms. The van der Waals surface area contributed by atoms with Crippen molar-refractivity contribution in [3.8, 4) is 5.69 Å². The quantitative estimate of drug-likeness (QED) is 0.891. The lowest BCUT2D eigenvalue weighted by atomic mass is 9.84. The van der Waals surface area contributed by atoms with Crippen LogP contribution in [0, 0.1) is 11.8 Å². The van der Waals surface area contributed by atoms with E-state index in [9.17, 15) is 4.79 Å². The maximum Gasteiger partial charge on any atom is 0.223 e. The largest absolute Gasteiger partial charge is 0.377 e. The molecular weight excluding hydrogens is 328 g/mol. The Balaban J connectivity index is 1.30. The van der Waals surface area contributed by atoms with Gasteiger partial charge in [0.05, 0.1) is 18.3 Å². The Labute approximate surface area is 154 Å². The normalized spacial score (nSPS) is 24.8. The Morgan fingerprint density at radius 1 is 1.19 bits per heavy atom. The average Bonchev–Trinajstić information content (AvgIpc) is 3.35. The van der Waals surface area contributed by atoms with Gasteiger partial charge in [-0.05, 0) is 56.0 Å². The molecule has 138 valence electrons. The molecule has 0 saturated carbocycles. The summed E-state index contributed by atoms with van der Waals surface area (Å²) in [5.74, 6) is 0.157. The standard InChI is InChI=1S/C20H26N4O2/c21-20(25)18-7-12-26-19(18)16-5-9-23(10-6-16)13-15-1-3-17(4-2-15)24-11-8-22-14-24/h1-4,8,11,14,16,18-19H,5-7,9-10,12-13H2,(H2,21,25)/t18-,19+/m0/s1. The maximum atomic E-state index is 11.6. The number of amides is 1. The highest BCUT2D eigenvalue weighted by molar-refractivity contribution is 5.77. The second-order valence-corrected chi connectivity index (χ2v) is 7.38. The van der Waals surface area contributed by atoms with E-state index >= 15 is 0 Å². The first-order valence-corrected chi connectivity index (χ1v) is 9.41. The molecule has 2 atom stereocenters. The zero-order chi connectivity index (χ0) is 17.9. The molecule has 2 fully saturated rings. The minimum atomic E-state index is -0.201. The molecule has 2 aliphatic rings. The van der Waals surface area contributed by atoms with E-state index in [1.807, 2.05) is 17.1 Å². The molecule has 6 nitrogen and oxygen atoms in total. The fourth-order valence-corrected chi connectivity index (χ4v) is 4.26. The Kier molecular flexibility index (Phi) is 5.04. The van der Waals surface area contributed by atoms with Crippen molar-refractivity contribution in [3.05, 3.63) is 48.5 Å². The zero-order valence-corrected chi connectivity index (χ0v) is 15.0. The van der Waals surface area contributed by atoms with Gasteiger partial charge in [0.15, 0.2) is 0 Å². The molecule has 26 heavy (non-hydrogen) atoms. The van der Waals surface area contributed by atoms with Crippen LogP contribution in [0.2, 0.25) is 0 Å². The van der Waals surface area contributed by atoms with E-state index in [1.54, 1.807) is 6.20 Å². The molecule has 3 heterocycles. The first kappa shape index (κ1) is 17.2. The number of rotatable bonds is 5. The van der Waals surface area contributed by atoms with Gasteiger partial charge in [-0.2, -0.15) is 0 Å². The van der Waals surface area contributed by atoms with Crippen LogP contribution in [0.4, 0.5) is 0 Å². The van der Waals surface area contributed by atoms with E-state index in [4.69, 9.17) is 10.5 Å². The second kappa shape index (κ2) is 7.60. The van der Waals surface area contributed by atoms with Crippen molar-refractivity contribution in [2.75, 3.05) is 19.7 Å². The number of ether oxygens (including phenoxy) is 1. The third-order valence-corrected chi connectivity index (χ3v) is 5.74. The summed E-state index contributed by atoms with van der Waals surface area (Å²) < 4.78 is 7.85. The van der Waals surface area contributed by atoms with Crippen molar-refractivity contribution in [3.63, 3.8) is 0 Å². The summed E-state index contributed by atoms with van der Waals surface area (Å²) in [6, 6.07) is 8.64. The number of carbonyl (C=O) groups is 1. The van der Waals surface area contributed by atoms with Gasteiger partial charge in [0.2, 0.25) is 5.91 Å². The van der Waals surface area contributed by atoms with Crippen molar-refractivity contribution in [1.82, 2.24) is 14.5 Å². The highest BCUT2D eigenvalue weighted by Crippen LogP contribution is 2.33. The van der Waals surface area contributed by atoms with Gasteiger partial charge in [0.25, 0.3) is 0 Å². The molecule has 0 radical (unpaired) electrons. The van der Waals surface area contributed by atoms with Crippen LogP contribution in [0.5, 0.6) is 0 Å². The molecule has 1 aromatic carbocycles. The highest BCUT2D eigenvalue weighted by Gasteiger charge is 2.39. The molecule has 0 unspecified atom stereocenters. The number of aromatic nitrogens is 2. The van der Waals surface area contributed by atoms with E-state index in [1.165, 1.54) is 5.56 Å². The van der Waals surface area contributed by atoms with Crippen molar-refractivity contribution in [2.24, 2.45) is 17.6 Å². The predicted molar refractivity (Wildman–Crippen MR) is 98.6 cm³/mol. The van der Waals surface area contributed by atoms with Crippen molar-refractivity contribution in [1.29, 1.82) is 0 Å². The molecule has 1 amide bonds. The van der Waals surface area contributed by atoms with Gasteiger partial charge in [-0.1, -0.05) is 12.1 Å². The van der Waals surface area contributed by atoms with Crippen LogP contribution in [0.3, 0.4) is 0 Å². The SMILES string of the molecule is NC(=O)[C@H]1CCO[C@@H]1C1CCN(Cc2ccc(-n3ccnc3)cc2)CC1. The predicted octanol–water partition coefficient (Wildman–Crippen LogP) is 1.97. The summed E-state index contributed by atoms with van der Waals surface area (Å²) in [6.07, 6.45) is 8.50. The minimum absolute atomic E-state index is 0.0316. The number of benzene rings is 1. The first-order valence-electron chi connectivity index (χ1n) is 9.41. The Morgan fingerprint density at radius 3 is 2.62 bits per heavy atom. The second-order valence-electron chi connectivity index (χ2n) is 7.38. The smallest absolute Gasteiger partial charge is 0.223 e. The number of hydrogen-bond donors (Lipinski definition) is 1. The summed E-state index contributed by atoms with van der Waals surface area (Å²) >= 11 is 0. The Morgan fingerprint density at radius 2 is 1.96 bits per heavy atom.